The maximum absolute atomic E-state index is 13.6. The highest BCUT2D eigenvalue weighted by molar-refractivity contribution is 7.89. The second-order valence-electron chi connectivity index (χ2n) is 4.88. The van der Waals surface area contributed by atoms with E-state index in [-0.39, 0.29) is 11.4 Å². The average Bonchev–Trinajstić information content (AvgIpc) is 3.05. The van der Waals surface area contributed by atoms with Crippen molar-refractivity contribution in [2.45, 2.75) is 11.4 Å². The minimum Gasteiger partial charge on any atom is -0.271 e. The van der Waals surface area contributed by atoms with Crippen molar-refractivity contribution in [2.75, 3.05) is 6.54 Å². The molecule has 0 aliphatic rings. The fourth-order valence-electron chi connectivity index (χ4n) is 2.09. The number of nitrogens with zero attached hydrogens (tertiary/aromatic N) is 4. The average molecular weight is 347 g/mol. The molecule has 0 saturated heterocycles. The standard InChI is InChI=1S/C15H14FN5O2S/c16-12-3-1-2-4-15(12)24(22,23)19-8-10-21-9-5-13(20-21)14-11-17-6-7-18-14/h1-7,9,11,19H,8,10H2. The second kappa shape index (κ2) is 6.85. The molecule has 2 aromatic heterocycles. The summed E-state index contributed by atoms with van der Waals surface area (Å²) in [5.41, 5.74) is 1.27. The summed E-state index contributed by atoms with van der Waals surface area (Å²) in [6.07, 6.45) is 6.43. The Bertz CT molecular complexity index is 928. The van der Waals surface area contributed by atoms with Crippen LogP contribution in [0.2, 0.25) is 0 Å². The Morgan fingerprint density at radius 3 is 2.71 bits per heavy atom. The quantitative estimate of drug-likeness (QED) is 0.729. The van der Waals surface area contributed by atoms with Crippen LogP contribution in [0.15, 0.2) is 60.0 Å². The maximum Gasteiger partial charge on any atom is 0.243 e. The highest BCUT2D eigenvalue weighted by Crippen LogP contribution is 2.13. The van der Waals surface area contributed by atoms with Gasteiger partial charge >= 0.3 is 0 Å². The lowest BCUT2D eigenvalue weighted by Gasteiger charge is -2.07. The predicted molar refractivity (Wildman–Crippen MR) is 84.8 cm³/mol. The number of nitrogens with one attached hydrogen (secondary N) is 1. The number of aromatic nitrogens is 4. The largest absolute Gasteiger partial charge is 0.271 e. The van der Waals surface area contributed by atoms with E-state index in [0.717, 1.165) is 6.07 Å². The van der Waals surface area contributed by atoms with Crippen molar-refractivity contribution in [3.8, 4) is 11.4 Å². The zero-order chi connectivity index (χ0) is 17.0. The zero-order valence-corrected chi connectivity index (χ0v) is 13.3. The molecule has 0 spiro atoms. The summed E-state index contributed by atoms with van der Waals surface area (Å²) in [5.74, 6) is -0.783. The molecule has 3 aromatic rings. The molecular weight excluding hydrogens is 333 g/mol. The van der Waals surface area contributed by atoms with E-state index in [1.165, 1.54) is 18.2 Å². The summed E-state index contributed by atoms with van der Waals surface area (Å²) >= 11 is 0. The highest BCUT2D eigenvalue weighted by Gasteiger charge is 2.17. The van der Waals surface area contributed by atoms with Gasteiger partial charge in [-0.1, -0.05) is 12.1 Å². The van der Waals surface area contributed by atoms with Crippen LogP contribution in [0.4, 0.5) is 4.39 Å². The minimum atomic E-state index is -3.89. The van der Waals surface area contributed by atoms with Gasteiger partial charge in [0, 0.05) is 25.1 Å². The van der Waals surface area contributed by atoms with Crippen LogP contribution < -0.4 is 4.72 Å². The van der Waals surface area contributed by atoms with E-state index in [9.17, 15) is 12.8 Å². The molecule has 1 aromatic carbocycles. The molecule has 124 valence electrons. The predicted octanol–water partition coefficient (Wildman–Crippen LogP) is 1.46. The molecule has 24 heavy (non-hydrogen) atoms. The van der Waals surface area contributed by atoms with Gasteiger partial charge in [0.2, 0.25) is 10.0 Å². The summed E-state index contributed by atoms with van der Waals surface area (Å²) in [5, 5.41) is 4.30. The van der Waals surface area contributed by atoms with Gasteiger partial charge in [0.25, 0.3) is 0 Å². The Labute approximate surface area is 138 Å². The summed E-state index contributed by atoms with van der Waals surface area (Å²) in [7, 11) is -3.89. The molecule has 0 unspecified atom stereocenters. The third-order valence-corrected chi connectivity index (χ3v) is 4.72. The molecule has 2 heterocycles. The number of rotatable bonds is 6. The highest BCUT2D eigenvalue weighted by atomic mass is 32.2. The van der Waals surface area contributed by atoms with Crippen molar-refractivity contribution in [1.82, 2.24) is 24.5 Å². The van der Waals surface area contributed by atoms with Crippen LogP contribution in [-0.4, -0.2) is 34.7 Å². The zero-order valence-electron chi connectivity index (χ0n) is 12.5. The first-order chi connectivity index (χ1) is 11.6. The number of hydrogen-bond donors (Lipinski definition) is 1. The number of hydrogen-bond acceptors (Lipinski definition) is 5. The third kappa shape index (κ3) is 3.63. The van der Waals surface area contributed by atoms with Gasteiger partial charge in [-0.3, -0.25) is 14.6 Å². The molecule has 0 atom stereocenters. The normalized spacial score (nSPS) is 11.5. The van der Waals surface area contributed by atoms with E-state index in [2.05, 4.69) is 19.8 Å². The first-order valence-corrected chi connectivity index (χ1v) is 8.58. The van der Waals surface area contributed by atoms with Crippen molar-refractivity contribution >= 4 is 10.0 Å². The van der Waals surface area contributed by atoms with Crippen molar-refractivity contribution in [2.24, 2.45) is 0 Å². The Balaban J connectivity index is 1.63. The Morgan fingerprint density at radius 1 is 1.12 bits per heavy atom. The molecule has 9 heteroatoms. The summed E-state index contributed by atoms with van der Waals surface area (Å²) in [4.78, 5) is 7.74. The Kier molecular flexibility index (Phi) is 4.63. The number of benzene rings is 1. The van der Waals surface area contributed by atoms with Crippen LogP contribution in [0.1, 0.15) is 0 Å². The van der Waals surface area contributed by atoms with Gasteiger partial charge in [0.05, 0.1) is 12.7 Å². The Morgan fingerprint density at radius 2 is 1.96 bits per heavy atom. The van der Waals surface area contributed by atoms with E-state index >= 15 is 0 Å². The fourth-order valence-corrected chi connectivity index (χ4v) is 3.19. The lowest BCUT2D eigenvalue weighted by molar-refractivity contribution is 0.545. The topological polar surface area (TPSA) is 89.8 Å². The van der Waals surface area contributed by atoms with E-state index in [1.54, 1.807) is 35.5 Å². The third-order valence-electron chi connectivity index (χ3n) is 3.23. The van der Waals surface area contributed by atoms with Gasteiger partial charge < -0.3 is 0 Å². The molecule has 0 fully saturated rings. The van der Waals surface area contributed by atoms with E-state index in [4.69, 9.17) is 0 Å². The SMILES string of the molecule is O=S(=O)(NCCn1ccc(-c2cnccn2)n1)c1ccccc1F. The summed E-state index contributed by atoms with van der Waals surface area (Å²) in [6.45, 7) is 0.381. The van der Waals surface area contributed by atoms with E-state index in [1.807, 2.05) is 0 Å². The van der Waals surface area contributed by atoms with Gasteiger partial charge in [-0.05, 0) is 18.2 Å². The number of sulfonamides is 1. The van der Waals surface area contributed by atoms with E-state index in [0.29, 0.717) is 17.9 Å². The second-order valence-corrected chi connectivity index (χ2v) is 6.62. The van der Waals surface area contributed by atoms with Gasteiger partial charge in [-0.25, -0.2) is 17.5 Å². The minimum absolute atomic E-state index is 0.0816. The lowest BCUT2D eigenvalue weighted by atomic mass is 10.3. The molecule has 0 aliphatic carbocycles. The van der Waals surface area contributed by atoms with Crippen LogP contribution in [0.25, 0.3) is 11.4 Å². The van der Waals surface area contributed by atoms with E-state index < -0.39 is 15.8 Å². The van der Waals surface area contributed by atoms with Crippen LogP contribution in [-0.2, 0) is 16.6 Å². The van der Waals surface area contributed by atoms with Crippen LogP contribution in [0.5, 0.6) is 0 Å². The van der Waals surface area contributed by atoms with Gasteiger partial charge in [0.15, 0.2) is 0 Å². The van der Waals surface area contributed by atoms with Gasteiger partial charge in [-0.15, -0.1) is 0 Å². The smallest absolute Gasteiger partial charge is 0.243 e. The van der Waals surface area contributed by atoms with Crippen LogP contribution >= 0.6 is 0 Å². The van der Waals surface area contributed by atoms with Crippen LogP contribution in [0, 0.1) is 5.82 Å². The summed E-state index contributed by atoms with van der Waals surface area (Å²) in [6, 6.07) is 6.99. The molecule has 0 amide bonds. The Hall–Kier alpha value is -2.65. The van der Waals surface area contributed by atoms with Crippen molar-refractivity contribution in [3.63, 3.8) is 0 Å². The first kappa shape index (κ1) is 16.2. The molecule has 0 aliphatic heterocycles. The molecular formula is C15H14FN5O2S. The molecule has 0 saturated carbocycles. The van der Waals surface area contributed by atoms with Gasteiger partial charge in [0.1, 0.15) is 22.1 Å². The van der Waals surface area contributed by atoms with Crippen LogP contribution in [0.3, 0.4) is 0 Å². The number of halogens is 1. The van der Waals surface area contributed by atoms with Crippen molar-refractivity contribution in [3.05, 3.63) is 60.9 Å². The summed E-state index contributed by atoms with van der Waals surface area (Å²) < 4.78 is 41.7. The van der Waals surface area contributed by atoms with Crippen molar-refractivity contribution < 1.29 is 12.8 Å². The molecule has 0 bridgehead atoms. The first-order valence-electron chi connectivity index (χ1n) is 7.10. The van der Waals surface area contributed by atoms with Gasteiger partial charge in [-0.2, -0.15) is 5.10 Å². The molecule has 3 rings (SSSR count). The monoisotopic (exact) mass is 347 g/mol. The molecule has 0 radical (unpaired) electrons. The van der Waals surface area contributed by atoms with Crippen molar-refractivity contribution in [1.29, 1.82) is 0 Å². The molecule has 7 nitrogen and oxygen atoms in total. The fraction of sp³-hybridized carbons (Fsp3) is 0.133. The molecule has 1 N–H and O–H groups in total. The lowest BCUT2D eigenvalue weighted by Crippen LogP contribution is -2.28. The maximum atomic E-state index is 13.6.